The van der Waals surface area contributed by atoms with E-state index in [1.807, 2.05) is 30.7 Å². The molecule has 1 aromatic heterocycles. The summed E-state index contributed by atoms with van der Waals surface area (Å²) in [4.78, 5) is 12.2. The molecule has 5 heteroatoms. The Hall–Kier alpha value is -0.810. The zero-order chi connectivity index (χ0) is 13.1. The maximum absolute atomic E-state index is 12.2. The lowest BCUT2D eigenvalue weighted by atomic mass is 10.0. The van der Waals surface area contributed by atoms with E-state index in [0.717, 1.165) is 30.7 Å². The van der Waals surface area contributed by atoms with Crippen molar-refractivity contribution in [1.29, 1.82) is 0 Å². The first-order valence-electron chi connectivity index (χ1n) is 6.36. The number of nitrogens with one attached hydrogen (secondary N) is 1. The molecule has 18 heavy (non-hydrogen) atoms. The Labute approximate surface area is 116 Å². The Morgan fingerprint density at radius 2 is 2.50 bits per heavy atom. The van der Waals surface area contributed by atoms with Crippen molar-refractivity contribution < 1.29 is 9.53 Å². The van der Waals surface area contributed by atoms with Crippen LogP contribution >= 0.6 is 15.9 Å². The number of carbonyl (C=O) groups excluding carboxylic acids is 1. The van der Waals surface area contributed by atoms with E-state index in [4.69, 9.17) is 4.74 Å². The van der Waals surface area contributed by atoms with Crippen molar-refractivity contribution >= 4 is 21.8 Å². The van der Waals surface area contributed by atoms with E-state index in [2.05, 4.69) is 21.2 Å². The molecule has 4 nitrogen and oxygen atoms in total. The van der Waals surface area contributed by atoms with E-state index >= 15 is 0 Å². The number of carbonyl (C=O) groups is 1. The van der Waals surface area contributed by atoms with Crippen molar-refractivity contribution in [3.8, 4) is 0 Å². The van der Waals surface area contributed by atoms with Crippen LogP contribution in [-0.4, -0.2) is 29.7 Å². The van der Waals surface area contributed by atoms with Gasteiger partial charge in [-0.1, -0.05) is 0 Å². The molecule has 0 radical (unpaired) electrons. The molecule has 2 rings (SSSR count). The Morgan fingerprint density at radius 3 is 3.11 bits per heavy atom. The van der Waals surface area contributed by atoms with E-state index in [0.29, 0.717) is 11.6 Å². The lowest BCUT2D eigenvalue weighted by Crippen LogP contribution is -2.39. The van der Waals surface area contributed by atoms with Gasteiger partial charge in [0.2, 0.25) is 0 Å². The summed E-state index contributed by atoms with van der Waals surface area (Å²) in [7, 11) is 0. The van der Waals surface area contributed by atoms with Crippen LogP contribution in [0.15, 0.2) is 16.7 Å². The summed E-state index contributed by atoms with van der Waals surface area (Å²) < 4.78 is 8.23. The fourth-order valence-electron chi connectivity index (χ4n) is 2.27. The summed E-state index contributed by atoms with van der Waals surface area (Å²) in [5.74, 6) is 0.421. The summed E-state index contributed by atoms with van der Waals surface area (Å²) in [6.07, 6.45) is 2.96. The van der Waals surface area contributed by atoms with Crippen LogP contribution in [0.3, 0.4) is 0 Å². The molecule has 0 spiro atoms. The van der Waals surface area contributed by atoms with Gasteiger partial charge in [0.1, 0.15) is 5.69 Å². The highest BCUT2D eigenvalue weighted by Crippen LogP contribution is 2.18. The van der Waals surface area contributed by atoms with E-state index < -0.39 is 0 Å². The maximum Gasteiger partial charge on any atom is 0.268 e. The molecular weight excluding hydrogens is 296 g/mol. The van der Waals surface area contributed by atoms with Gasteiger partial charge in [-0.05, 0) is 42.3 Å². The molecule has 100 valence electrons. The molecule has 1 saturated heterocycles. The van der Waals surface area contributed by atoms with Crippen LogP contribution in [0, 0.1) is 5.92 Å². The number of hydrogen-bond acceptors (Lipinski definition) is 2. The minimum atomic E-state index is -0.0121. The monoisotopic (exact) mass is 314 g/mol. The number of rotatable bonds is 4. The van der Waals surface area contributed by atoms with Gasteiger partial charge in [0.25, 0.3) is 5.91 Å². The first-order valence-corrected chi connectivity index (χ1v) is 7.15. The minimum absolute atomic E-state index is 0.0121. The molecule has 1 aromatic rings. The third kappa shape index (κ3) is 2.95. The maximum atomic E-state index is 12.2. The molecule has 2 heterocycles. The molecule has 0 aliphatic carbocycles. The third-order valence-corrected chi connectivity index (χ3v) is 3.90. The van der Waals surface area contributed by atoms with Crippen molar-refractivity contribution in [1.82, 2.24) is 9.88 Å². The van der Waals surface area contributed by atoms with Gasteiger partial charge in [0.15, 0.2) is 0 Å². The van der Waals surface area contributed by atoms with Crippen molar-refractivity contribution in [2.24, 2.45) is 5.92 Å². The van der Waals surface area contributed by atoms with Gasteiger partial charge >= 0.3 is 0 Å². The van der Waals surface area contributed by atoms with Gasteiger partial charge < -0.3 is 14.6 Å². The highest BCUT2D eigenvalue weighted by Gasteiger charge is 2.24. The Bertz CT molecular complexity index is 425. The fraction of sp³-hybridized carbons (Fsp3) is 0.615. The smallest absolute Gasteiger partial charge is 0.268 e. The van der Waals surface area contributed by atoms with Crippen LogP contribution in [0.25, 0.3) is 0 Å². The zero-order valence-electron chi connectivity index (χ0n) is 10.8. The van der Waals surface area contributed by atoms with Gasteiger partial charge in [-0.2, -0.15) is 0 Å². The summed E-state index contributed by atoms with van der Waals surface area (Å²) in [5, 5.41) is 3.07. The molecular formula is C13H19BrN2O2. The van der Waals surface area contributed by atoms with Crippen LogP contribution in [0.1, 0.15) is 30.8 Å². The second kappa shape index (κ2) is 5.89. The van der Waals surface area contributed by atoms with Crippen LogP contribution < -0.4 is 5.32 Å². The number of ether oxygens (including phenoxy) is 1. The number of aromatic nitrogens is 1. The van der Waals surface area contributed by atoms with Crippen LogP contribution in [0.2, 0.25) is 0 Å². The van der Waals surface area contributed by atoms with Crippen molar-refractivity contribution in [2.45, 2.75) is 32.9 Å². The lowest BCUT2D eigenvalue weighted by molar-refractivity contribution is 0.0913. The first kappa shape index (κ1) is 13.6. The molecule has 1 N–H and O–H groups in total. The molecule has 1 aliphatic heterocycles. The normalized spacial score (nSPS) is 20.9. The van der Waals surface area contributed by atoms with Crippen LogP contribution in [0.5, 0.6) is 0 Å². The molecule has 0 bridgehead atoms. The Morgan fingerprint density at radius 1 is 1.72 bits per heavy atom. The van der Waals surface area contributed by atoms with Crippen LogP contribution in [-0.2, 0) is 11.3 Å². The molecule has 1 amide bonds. The van der Waals surface area contributed by atoms with E-state index in [1.165, 1.54) is 0 Å². The lowest BCUT2D eigenvalue weighted by Gasteiger charge is -2.19. The second-order valence-corrected chi connectivity index (χ2v) is 5.63. The summed E-state index contributed by atoms with van der Waals surface area (Å²) in [6.45, 7) is 6.42. The molecule has 1 fully saturated rings. The Kier molecular flexibility index (Phi) is 4.45. The first-order chi connectivity index (χ1) is 8.61. The number of hydrogen-bond donors (Lipinski definition) is 1. The van der Waals surface area contributed by atoms with E-state index in [1.54, 1.807) is 0 Å². The fourth-order valence-corrected chi connectivity index (χ4v) is 2.74. The molecule has 0 aromatic carbocycles. The number of amides is 1. The largest absolute Gasteiger partial charge is 0.381 e. The summed E-state index contributed by atoms with van der Waals surface area (Å²) >= 11 is 3.40. The van der Waals surface area contributed by atoms with Crippen molar-refractivity contribution in [2.75, 3.05) is 13.2 Å². The zero-order valence-corrected chi connectivity index (χ0v) is 12.4. The number of aryl methyl sites for hydroxylation is 1. The second-order valence-electron chi connectivity index (χ2n) is 4.72. The predicted molar refractivity (Wildman–Crippen MR) is 73.7 cm³/mol. The quantitative estimate of drug-likeness (QED) is 0.927. The van der Waals surface area contributed by atoms with E-state index in [-0.39, 0.29) is 11.9 Å². The number of nitrogens with zero attached hydrogens (tertiary/aromatic N) is 1. The Balaban J connectivity index is 2.02. The standard InChI is InChI=1S/C13H19BrN2O2/c1-3-16-7-11(14)6-12(16)13(17)15-9(2)10-4-5-18-8-10/h6-7,9-10H,3-5,8H2,1-2H3,(H,15,17). The van der Waals surface area contributed by atoms with Gasteiger partial charge in [0, 0.05) is 35.8 Å². The molecule has 0 saturated carbocycles. The third-order valence-electron chi connectivity index (χ3n) is 3.47. The summed E-state index contributed by atoms with van der Waals surface area (Å²) in [5.41, 5.74) is 0.704. The number of halogens is 1. The molecule has 2 unspecified atom stereocenters. The highest BCUT2D eigenvalue weighted by atomic mass is 79.9. The van der Waals surface area contributed by atoms with Crippen molar-refractivity contribution in [3.63, 3.8) is 0 Å². The van der Waals surface area contributed by atoms with Crippen molar-refractivity contribution in [3.05, 3.63) is 22.4 Å². The van der Waals surface area contributed by atoms with Gasteiger partial charge in [-0.25, -0.2) is 0 Å². The van der Waals surface area contributed by atoms with Gasteiger partial charge in [-0.15, -0.1) is 0 Å². The van der Waals surface area contributed by atoms with E-state index in [9.17, 15) is 4.79 Å². The molecule has 1 aliphatic rings. The molecule has 2 atom stereocenters. The SMILES string of the molecule is CCn1cc(Br)cc1C(=O)NC(C)C1CCOC1. The minimum Gasteiger partial charge on any atom is -0.381 e. The highest BCUT2D eigenvalue weighted by molar-refractivity contribution is 9.10. The van der Waals surface area contributed by atoms with Gasteiger partial charge in [-0.3, -0.25) is 4.79 Å². The summed E-state index contributed by atoms with van der Waals surface area (Å²) in [6, 6.07) is 2.01. The van der Waals surface area contributed by atoms with Gasteiger partial charge in [0.05, 0.1) is 6.61 Å². The average molecular weight is 315 g/mol. The topological polar surface area (TPSA) is 43.3 Å². The van der Waals surface area contributed by atoms with Crippen LogP contribution in [0.4, 0.5) is 0 Å². The average Bonchev–Trinajstić information content (AvgIpc) is 2.96. The predicted octanol–water partition coefficient (Wildman–Crippen LogP) is 2.43.